The number of fused-ring (bicyclic) bond motifs is 19. The van der Waals surface area contributed by atoms with Gasteiger partial charge in [0.15, 0.2) is 0 Å². The van der Waals surface area contributed by atoms with E-state index in [1.165, 1.54) is 88.6 Å². The molecule has 1 heterocycles. The molecule has 0 saturated carbocycles. The van der Waals surface area contributed by atoms with E-state index in [0.717, 1.165) is 22.7 Å². The van der Waals surface area contributed by atoms with E-state index in [9.17, 15) is 0 Å². The summed E-state index contributed by atoms with van der Waals surface area (Å²) in [7, 11) is 0. The van der Waals surface area contributed by atoms with E-state index in [1.54, 1.807) is 0 Å². The van der Waals surface area contributed by atoms with Gasteiger partial charge < -0.3 is 9.47 Å². The summed E-state index contributed by atoms with van der Waals surface area (Å²) in [5.74, 6) is 0. The molecule has 0 saturated heterocycles. The fraction of sp³-hybridized carbons (Fsp3) is 0.0323. The van der Waals surface area contributed by atoms with Crippen molar-refractivity contribution >= 4 is 38.9 Å². The number of hydrogen-bond donors (Lipinski definition) is 0. The van der Waals surface area contributed by atoms with E-state index < -0.39 is 10.8 Å². The van der Waals surface area contributed by atoms with Crippen molar-refractivity contribution in [2.45, 2.75) is 10.8 Å². The highest BCUT2D eigenvalue weighted by Gasteiger charge is 2.59. The minimum atomic E-state index is -0.547. The van der Waals surface area contributed by atoms with Crippen LogP contribution in [0.3, 0.4) is 0 Å². The largest absolute Gasteiger partial charge is 0.311 e. The van der Waals surface area contributed by atoms with Gasteiger partial charge in [-0.3, -0.25) is 0 Å². The lowest BCUT2D eigenvalue weighted by Gasteiger charge is -2.48. The number of rotatable bonds is 4. The summed E-state index contributed by atoms with van der Waals surface area (Å²) < 4.78 is 2.47. The van der Waals surface area contributed by atoms with Crippen LogP contribution in [0.2, 0.25) is 0 Å². The zero-order valence-electron chi connectivity index (χ0n) is 35.0. The van der Waals surface area contributed by atoms with Crippen LogP contribution in [0.15, 0.2) is 243 Å². The van der Waals surface area contributed by atoms with Gasteiger partial charge in [0.25, 0.3) is 0 Å². The van der Waals surface area contributed by atoms with E-state index in [0.29, 0.717) is 0 Å². The molecule has 1 aromatic heterocycles. The van der Waals surface area contributed by atoms with Crippen LogP contribution in [-0.2, 0) is 10.8 Å². The van der Waals surface area contributed by atoms with Crippen molar-refractivity contribution in [3.8, 4) is 27.9 Å². The van der Waals surface area contributed by atoms with Gasteiger partial charge in [-0.1, -0.05) is 176 Å². The first kappa shape index (κ1) is 35.4. The summed E-state index contributed by atoms with van der Waals surface area (Å²) in [5, 5.41) is 2.51. The molecule has 2 heteroatoms. The molecule has 3 aliphatic rings. The van der Waals surface area contributed by atoms with Crippen molar-refractivity contribution < 1.29 is 0 Å². The van der Waals surface area contributed by atoms with Crippen LogP contribution in [0.5, 0.6) is 0 Å². The van der Waals surface area contributed by atoms with Gasteiger partial charge >= 0.3 is 0 Å². The minimum Gasteiger partial charge on any atom is -0.311 e. The van der Waals surface area contributed by atoms with Crippen molar-refractivity contribution in [1.29, 1.82) is 0 Å². The molecule has 2 nitrogen and oxygen atoms in total. The highest BCUT2D eigenvalue weighted by atomic mass is 15.1. The Labute approximate surface area is 372 Å². The summed E-state index contributed by atoms with van der Waals surface area (Å²) in [6.45, 7) is 0. The molecule has 0 bridgehead atoms. The maximum Gasteiger partial charge on any atom is 0.0720 e. The van der Waals surface area contributed by atoms with Crippen LogP contribution < -0.4 is 4.90 Å². The van der Waals surface area contributed by atoms with Gasteiger partial charge in [0.2, 0.25) is 0 Å². The predicted octanol–water partition coefficient (Wildman–Crippen LogP) is 15.3. The summed E-state index contributed by atoms with van der Waals surface area (Å²) >= 11 is 0. The van der Waals surface area contributed by atoms with Gasteiger partial charge in [0.05, 0.1) is 21.9 Å². The van der Waals surface area contributed by atoms with Gasteiger partial charge in [-0.15, -0.1) is 0 Å². The summed E-state index contributed by atoms with van der Waals surface area (Å²) in [5.41, 5.74) is 21.9. The van der Waals surface area contributed by atoms with Gasteiger partial charge in [0, 0.05) is 33.5 Å². The average Bonchev–Trinajstić information content (AvgIpc) is 3.96. The zero-order valence-corrected chi connectivity index (χ0v) is 35.0. The lowest BCUT2D eigenvalue weighted by molar-refractivity contribution is 0.633. The Morgan fingerprint density at radius 2 is 0.656 bits per heavy atom. The molecule has 0 unspecified atom stereocenters. The van der Waals surface area contributed by atoms with E-state index in [1.807, 2.05) is 0 Å². The molecule has 298 valence electrons. The third-order valence-electron chi connectivity index (χ3n) is 14.7. The van der Waals surface area contributed by atoms with Crippen LogP contribution >= 0.6 is 0 Å². The molecule has 0 aliphatic heterocycles. The number of para-hydroxylation sites is 3. The third-order valence-corrected chi connectivity index (χ3v) is 14.7. The van der Waals surface area contributed by atoms with Crippen LogP contribution in [0, 0.1) is 0 Å². The van der Waals surface area contributed by atoms with Crippen molar-refractivity contribution in [3.05, 3.63) is 287 Å². The van der Waals surface area contributed by atoms with E-state index in [2.05, 4.69) is 252 Å². The Bertz CT molecular complexity index is 3540. The molecule has 2 spiro atoms. The number of aromatic nitrogens is 1. The predicted molar refractivity (Wildman–Crippen MR) is 264 cm³/mol. The first-order valence-corrected chi connectivity index (χ1v) is 22.4. The fourth-order valence-electron chi connectivity index (χ4n) is 12.3. The average molecular weight is 813 g/mol. The topological polar surface area (TPSA) is 8.17 Å². The maximum absolute atomic E-state index is 2.56. The number of hydrogen-bond acceptors (Lipinski definition) is 1. The molecule has 0 radical (unpaired) electrons. The second kappa shape index (κ2) is 13.2. The Morgan fingerprint density at radius 3 is 1.17 bits per heavy atom. The molecule has 3 aliphatic carbocycles. The maximum atomic E-state index is 2.56. The van der Waals surface area contributed by atoms with Crippen LogP contribution in [0.1, 0.15) is 44.5 Å². The highest BCUT2D eigenvalue weighted by Crippen LogP contribution is 2.67. The molecule has 10 aromatic carbocycles. The summed E-state index contributed by atoms with van der Waals surface area (Å²) in [6, 6.07) is 90.6. The Kier molecular flexibility index (Phi) is 7.28. The first-order valence-electron chi connectivity index (χ1n) is 22.4. The Balaban J connectivity index is 1.03. The first-order chi connectivity index (χ1) is 31.8. The van der Waals surface area contributed by atoms with Crippen LogP contribution in [-0.4, -0.2) is 4.57 Å². The van der Waals surface area contributed by atoms with E-state index >= 15 is 0 Å². The Morgan fingerprint density at radius 1 is 0.266 bits per heavy atom. The molecule has 14 rings (SSSR count). The molecular weight excluding hydrogens is 773 g/mol. The van der Waals surface area contributed by atoms with Crippen molar-refractivity contribution in [2.24, 2.45) is 0 Å². The van der Waals surface area contributed by atoms with Gasteiger partial charge in [-0.05, 0) is 133 Å². The van der Waals surface area contributed by atoms with E-state index in [4.69, 9.17) is 0 Å². The SMILES string of the molecule is c1ccc(N(c2ccccc2)c2ccc(-n3c4ccccc4c4cc5c(cc43)-c3ccccc3C53c4ccccc4C4(c5ccccc5-c5ccccc54)c4ccccc43)cc2)cc1. The smallest absolute Gasteiger partial charge is 0.0720 e. The summed E-state index contributed by atoms with van der Waals surface area (Å²) in [6.07, 6.45) is 0. The van der Waals surface area contributed by atoms with Crippen LogP contribution in [0.25, 0.3) is 49.7 Å². The second-order valence-electron chi connectivity index (χ2n) is 17.5. The number of benzene rings is 10. The lowest BCUT2D eigenvalue weighted by atomic mass is 9.52. The quantitative estimate of drug-likeness (QED) is 0.172. The van der Waals surface area contributed by atoms with Crippen molar-refractivity contribution in [3.63, 3.8) is 0 Å². The standard InChI is InChI=1S/C62H40N2/c1-3-19-41(20-4-1)63(42-21-5-2-6-22-42)43-35-37-44(38-36-43)64-59-34-18-10-26-48(59)50-39-58-49(40-60(50)64)47-25-9-13-29-53(47)62(58)56-32-16-14-30-54(56)61(55-31-15-17-33-57(55)62)51-27-11-7-23-45(51)46-24-8-12-28-52(46)61/h1-40H. The molecule has 64 heavy (non-hydrogen) atoms. The Hall–Kier alpha value is -8.20. The lowest BCUT2D eigenvalue weighted by Crippen LogP contribution is -2.43. The van der Waals surface area contributed by atoms with E-state index in [-0.39, 0.29) is 0 Å². The van der Waals surface area contributed by atoms with Gasteiger partial charge in [0.1, 0.15) is 0 Å². The number of nitrogens with zero attached hydrogens (tertiary/aromatic N) is 2. The minimum absolute atomic E-state index is 0.466. The fourth-order valence-corrected chi connectivity index (χ4v) is 12.3. The summed E-state index contributed by atoms with van der Waals surface area (Å²) in [4.78, 5) is 2.33. The van der Waals surface area contributed by atoms with Crippen molar-refractivity contribution in [1.82, 2.24) is 4.57 Å². The highest BCUT2D eigenvalue weighted by molar-refractivity contribution is 6.12. The number of anilines is 3. The monoisotopic (exact) mass is 812 g/mol. The van der Waals surface area contributed by atoms with Gasteiger partial charge in [-0.2, -0.15) is 0 Å². The second-order valence-corrected chi connectivity index (χ2v) is 17.5. The zero-order chi connectivity index (χ0) is 42.0. The molecule has 0 fully saturated rings. The molecular formula is C62H40N2. The third kappa shape index (κ3) is 4.44. The molecule has 0 atom stereocenters. The molecule has 0 N–H and O–H groups in total. The van der Waals surface area contributed by atoms with Crippen molar-refractivity contribution in [2.75, 3.05) is 4.90 Å². The molecule has 11 aromatic rings. The van der Waals surface area contributed by atoms with Gasteiger partial charge in [-0.25, -0.2) is 0 Å². The van der Waals surface area contributed by atoms with Crippen LogP contribution in [0.4, 0.5) is 17.1 Å². The normalized spacial score (nSPS) is 14.2. The molecule has 0 amide bonds.